The maximum Gasteiger partial charge on any atom is 0.433 e. The number of hydrogen-bond donors (Lipinski definition) is 2. The zero-order valence-corrected chi connectivity index (χ0v) is 23.3. The Bertz CT molecular complexity index is 1540. The van der Waals surface area contributed by atoms with Gasteiger partial charge in [0.25, 0.3) is 11.8 Å². The van der Waals surface area contributed by atoms with Crippen molar-refractivity contribution in [3.8, 4) is 11.8 Å². The molecular weight excluding hydrogens is 721 g/mol. The number of rotatable bonds is 8. The van der Waals surface area contributed by atoms with Gasteiger partial charge < -0.3 is 15.4 Å². The quantitative estimate of drug-likeness (QED) is 0.180. The number of alkyl halides is 9. The van der Waals surface area contributed by atoms with E-state index in [1.54, 1.807) is 0 Å². The van der Waals surface area contributed by atoms with Crippen LogP contribution in [0.1, 0.15) is 31.8 Å². The topological polar surface area (TPSA) is 91.2 Å². The van der Waals surface area contributed by atoms with E-state index in [2.05, 4.69) is 26.0 Å². The minimum Gasteiger partial charge on any atom is -0.433 e. The van der Waals surface area contributed by atoms with Gasteiger partial charge >= 0.3 is 23.3 Å². The fourth-order valence-corrected chi connectivity index (χ4v) is 4.45. The van der Waals surface area contributed by atoms with Crippen LogP contribution in [0.3, 0.4) is 0 Å². The fourth-order valence-electron chi connectivity index (χ4n) is 3.45. The molecule has 6 nitrogen and oxygen atoms in total. The van der Waals surface area contributed by atoms with Crippen LogP contribution in [0.5, 0.6) is 5.75 Å². The van der Waals surface area contributed by atoms with Crippen LogP contribution in [0.15, 0.2) is 59.1 Å². The van der Waals surface area contributed by atoms with Gasteiger partial charge in [-0.2, -0.15) is 36.0 Å². The van der Waals surface area contributed by atoms with Gasteiger partial charge in [0.2, 0.25) is 0 Å². The van der Waals surface area contributed by atoms with E-state index in [9.17, 15) is 44.7 Å². The molecule has 2 N–H and O–H groups in total. The molecular formula is C25H12Br2F9N3O3. The number of nitrogens with one attached hydrogen (secondary N) is 2. The Morgan fingerprint density at radius 2 is 1.55 bits per heavy atom. The summed E-state index contributed by atoms with van der Waals surface area (Å²) < 4.78 is 127. The Hall–Kier alpha value is -3.78. The molecule has 0 aliphatic rings. The zero-order chi connectivity index (χ0) is 31.6. The second-order valence-corrected chi connectivity index (χ2v) is 9.98. The first-order valence-electron chi connectivity index (χ1n) is 10.9. The van der Waals surface area contributed by atoms with Crippen molar-refractivity contribution < 1.29 is 53.8 Å². The van der Waals surface area contributed by atoms with Crippen molar-refractivity contribution in [2.24, 2.45) is 0 Å². The van der Waals surface area contributed by atoms with E-state index >= 15 is 4.39 Å². The summed E-state index contributed by atoms with van der Waals surface area (Å²) in [4.78, 5) is 20.0. The van der Waals surface area contributed by atoms with E-state index in [0.29, 0.717) is 0 Å². The van der Waals surface area contributed by atoms with Crippen LogP contribution >= 0.6 is 31.9 Å². The minimum atomic E-state index is -6.27. The molecule has 0 spiro atoms. The monoisotopic (exact) mass is 731 g/mol. The number of halogens is 11. The Kier molecular flexibility index (Phi) is 9.52. The number of nitriles is 1. The molecule has 0 saturated heterocycles. The number of carbonyl (C=O) groups is 2. The lowest BCUT2D eigenvalue weighted by Gasteiger charge is -2.32. The van der Waals surface area contributed by atoms with Crippen LogP contribution in [0, 0.1) is 17.1 Å². The molecule has 0 bridgehead atoms. The van der Waals surface area contributed by atoms with Crippen molar-refractivity contribution in [3.63, 3.8) is 0 Å². The maximum absolute atomic E-state index is 15.2. The largest absolute Gasteiger partial charge is 0.433 e. The second-order valence-electron chi connectivity index (χ2n) is 8.13. The molecule has 2 amide bonds. The van der Waals surface area contributed by atoms with Gasteiger partial charge in [0.05, 0.1) is 28.6 Å². The molecule has 3 rings (SSSR count). The SMILES string of the molecule is N#Cc1ccc(C(=O)Nc2cccc(C(=O)Nc3c(Br)cc(C(F)(C(F)(F)F)C(F)(F)Br)cc3OC(F)F)c2F)cc1. The highest BCUT2D eigenvalue weighted by atomic mass is 79.9. The van der Waals surface area contributed by atoms with Crippen LogP contribution in [-0.4, -0.2) is 29.4 Å². The van der Waals surface area contributed by atoms with Crippen LogP contribution < -0.4 is 15.4 Å². The highest BCUT2D eigenvalue weighted by molar-refractivity contribution is 9.10. The first kappa shape index (κ1) is 32.7. The van der Waals surface area contributed by atoms with Crippen LogP contribution in [-0.2, 0) is 5.67 Å². The molecule has 222 valence electrons. The van der Waals surface area contributed by atoms with E-state index in [0.717, 1.165) is 18.2 Å². The first-order chi connectivity index (χ1) is 19.4. The smallest absolute Gasteiger partial charge is 0.433 e. The Labute approximate surface area is 246 Å². The number of ether oxygens (including phenoxy) is 1. The third-order valence-electron chi connectivity index (χ3n) is 5.46. The zero-order valence-electron chi connectivity index (χ0n) is 20.1. The second kappa shape index (κ2) is 12.2. The Morgan fingerprint density at radius 1 is 0.929 bits per heavy atom. The predicted molar refractivity (Wildman–Crippen MR) is 137 cm³/mol. The van der Waals surface area contributed by atoms with Gasteiger partial charge in [-0.1, -0.05) is 6.07 Å². The normalized spacial score (nSPS) is 13.2. The number of hydrogen-bond acceptors (Lipinski definition) is 4. The van der Waals surface area contributed by atoms with Gasteiger partial charge in [-0.05, 0) is 80.4 Å². The van der Waals surface area contributed by atoms with Crippen molar-refractivity contribution in [1.29, 1.82) is 5.26 Å². The molecule has 3 aromatic rings. The molecule has 42 heavy (non-hydrogen) atoms. The highest BCUT2D eigenvalue weighted by Crippen LogP contribution is 2.56. The van der Waals surface area contributed by atoms with E-state index in [1.807, 2.05) is 11.4 Å². The summed E-state index contributed by atoms with van der Waals surface area (Å²) in [5.74, 6) is -4.97. The molecule has 0 aromatic heterocycles. The summed E-state index contributed by atoms with van der Waals surface area (Å²) >= 11 is 3.94. The molecule has 0 aliphatic heterocycles. The molecule has 0 fully saturated rings. The number of nitrogens with zero attached hydrogens (tertiary/aromatic N) is 1. The van der Waals surface area contributed by atoms with Gasteiger partial charge in [-0.3, -0.25) is 9.59 Å². The molecule has 17 heteroatoms. The molecule has 3 aromatic carbocycles. The molecule has 0 saturated carbocycles. The molecule has 1 unspecified atom stereocenters. The van der Waals surface area contributed by atoms with Crippen molar-refractivity contribution in [3.05, 3.63) is 87.1 Å². The van der Waals surface area contributed by atoms with Gasteiger partial charge in [-0.25, -0.2) is 8.78 Å². The minimum absolute atomic E-state index is 0.0120. The van der Waals surface area contributed by atoms with E-state index < -0.39 is 73.6 Å². The molecule has 0 heterocycles. The number of carbonyl (C=O) groups excluding carboxylic acids is 2. The molecule has 1 atom stereocenters. The molecule has 0 radical (unpaired) electrons. The Balaban J connectivity index is 1.99. The number of benzene rings is 3. The number of amides is 2. The number of anilines is 2. The summed E-state index contributed by atoms with van der Waals surface area (Å²) in [5.41, 5.74) is -9.30. The lowest BCUT2D eigenvalue weighted by atomic mass is 9.94. The maximum atomic E-state index is 15.2. The van der Waals surface area contributed by atoms with Crippen LogP contribution in [0.25, 0.3) is 0 Å². The van der Waals surface area contributed by atoms with Crippen LogP contribution in [0.4, 0.5) is 50.9 Å². The van der Waals surface area contributed by atoms with Gasteiger partial charge in [-0.15, -0.1) is 0 Å². The van der Waals surface area contributed by atoms with Crippen molar-refractivity contribution in [1.82, 2.24) is 0 Å². The lowest BCUT2D eigenvalue weighted by Crippen LogP contribution is -2.49. The van der Waals surface area contributed by atoms with Crippen molar-refractivity contribution in [2.75, 3.05) is 10.6 Å². The Morgan fingerprint density at radius 3 is 2.07 bits per heavy atom. The van der Waals surface area contributed by atoms with E-state index in [-0.39, 0.29) is 23.3 Å². The van der Waals surface area contributed by atoms with Gasteiger partial charge in [0.1, 0.15) is 0 Å². The average Bonchev–Trinajstić information content (AvgIpc) is 2.89. The van der Waals surface area contributed by atoms with Crippen molar-refractivity contribution >= 4 is 55.0 Å². The van der Waals surface area contributed by atoms with E-state index in [1.165, 1.54) is 40.2 Å². The van der Waals surface area contributed by atoms with E-state index in [4.69, 9.17) is 5.26 Å². The predicted octanol–water partition coefficient (Wildman–Crippen LogP) is 8.28. The lowest BCUT2D eigenvalue weighted by molar-refractivity contribution is -0.282. The molecule has 0 aliphatic carbocycles. The third kappa shape index (κ3) is 6.65. The van der Waals surface area contributed by atoms with Crippen LogP contribution in [0.2, 0.25) is 0 Å². The van der Waals surface area contributed by atoms with Gasteiger partial charge in [0, 0.05) is 15.6 Å². The summed E-state index contributed by atoms with van der Waals surface area (Å²) in [6.07, 6.45) is -6.27. The first-order valence-corrected chi connectivity index (χ1v) is 12.5. The third-order valence-corrected chi connectivity index (χ3v) is 6.63. The summed E-state index contributed by atoms with van der Waals surface area (Å²) in [6, 6.07) is 10.1. The average molecular weight is 733 g/mol. The standard InChI is InChI=1S/C25H12Br2F9N3O3/c26-15-8-13(23(31,24(27,32)33)25(34,35)36)9-17(42-22(29)30)19(15)39-21(41)14-2-1-3-16(18(14)28)38-20(40)12-6-4-11(10-37)5-7-12/h1-9,22H,(H,38,40)(H,39,41). The van der Waals surface area contributed by atoms with Crippen molar-refractivity contribution in [2.45, 2.75) is 23.3 Å². The summed E-state index contributed by atoms with van der Waals surface area (Å²) in [6.45, 7) is -3.79. The fraction of sp³-hybridized carbons (Fsp3) is 0.160. The summed E-state index contributed by atoms with van der Waals surface area (Å²) in [5, 5.41) is 12.9. The van der Waals surface area contributed by atoms with Gasteiger partial charge in [0.15, 0.2) is 11.6 Å². The summed E-state index contributed by atoms with van der Waals surface area (Å²) in [7, 11) is 0. The highest BCUT2D eigenvalue weighted by Gasteiger charge is 2.71.